The van der Waals surface area contributed by atoms with E-state index in [1.54, 1.807) is 11.8 Å². The van der Waals surface area contributed by atoms with E-state index in [4.69, 9.17) is 10.2 Å². The van der Waals surface area contributed by atoms with Crippen LogP contribution in [0.4, 0.5) is 0 Å². The number of nitrogens with zero attached hydrogens (tertiary/aromatic N) is 4. The first-order valence-electron chi connectivity index (χ1n) is 7.69. The highest BCUT2D eigenvalue weighted by Gasteiger charge is 2.23. The van der Waals surface area contributed by atoms with E-state index < -0.39 is 0 Å². The van der Waals surface area contributed by atoms with E-state index in [1.165, 1.54) is 10.5 Å². The van der Waals surface area contributed by atoms with Crippen molar-refractivity contribution in [2.24, 2.45) is 0 Å². The molecule has 3 rings (SSSR count). The van der Waals surface area contributed by atoms with E-state index in [0.717, 1.165) is 22.8 Å². The van der Waals surface area contributed by atoms with Crippen molar-refractivity contribution < 1.29 is 0 Å². The van der Waals surface area contributed by atoms with Crippen LogP contribution < -0.4 is 0 Å². The zero-order valence-corrected chi connectivity index (χ0v) is 15.1. The standard InChI is InChI=1S/C18H22N4S/c1-12-10-14(3)21(19-12)18(22-15(4)11-13(2)20-22)16-8-6-7-9-17(16)23-5/h6-11,18H,1-5H3. The molecule has 0 aliphatic carbocycles. The van der Waals surface area contributed by atoms with Crippen LogP contribution in [0.5, 0.6) is 0 Å². The summed E-state index contributed by atoms with van der Waals surface area (Å²) in [6, 6.07) is 12.7. The van der Waals surface area contributed by atoms with Gasteiger partial charge in [0.2, 0.25) is 0 Å². The Morgan fingerprint density at radius 3 is 1.83 bits per heavy atom. The van der Waals surface area contributed by atoms with Crippen molar-refractivity contribution in [2.45, 2.75) is 38.8 Å². The molecule has 0 radical (unpaired) electrons. The lowest BCUT2D eigenvalue weighted by Crippen LogP contribution is -2.24. The summed E-state index contributed by atoms with van der Waals surface area (Å²) in [5, 5.41) is 9.47. The van der Waals surface area contributed by atoms with Crippen LogP contribution in [0.1, 0.15) is 34.5 Å². The Hall–Kier alpha value is -2.01. The fourth-order valence-electron chi connectivity index (χ4n) is 3.03. The second-order valence-corrected chi connectivity index (χ2v) is 6.71. The highest BCUT2D eigenvalue weighted by molar-refractivity contribution is 7.98. The summed E-state index contributed by atoms with van der Waals surface area (Å²) in [5.74, 6) is 0. The zero-order chi connectivity index (χ0) is 16.6. The molecule has 120 valence electrons. The molecular weight excluding hydrogens is 304 g/mol. The quantitative estimate of drug-likeness (QED) is 0.676. The Bertz CT molecular complexity index is 785. The number of thioether (sulfide) groups is 1. The first kappa shape index (κ1) is 15.9. The number of hydrogen-bond donors (Lipinski definition) is 0. The summed E-state index contributed by atoms with van der Waals surface area (Å²) in [6.07, 6.45) is 2.04. The Labute approximate surface area is 141 Å². The summed E-state index contributed by atoms with van der Waals surface area (Å²) in [6.45, 7) is 8.26. The van der Waals surface area contributed by atoms with Crippen LogP contribution in [0, 0.1) is 27.7 Å². The third kappa shape index (κ3) is 2.93. The maximum absolute atomic E-state index is 4.74. The molecule has 0 fully saturated rings. The molecule has 0 saturated heterocycles. The van der Waals surface area contributed by atoms with Crippen molar-refractivity contribution in [1.29, 1.82) is 0 Å². The topological polar surface area (TPSA) is 35.6 Å². The maximum atomic E-state index is 4.74. The number of aryl methyl sites for hydroxylation is 4. The molecule has 0 unspecified atom stereocenters. The average molecular weight is 326 g/mol. The minimum Gasteiger partial charge on any atom is -0.240 e. The summed E-state index contributed by atoms with van der Waals surface area (Å²) >= 11 is 1.76. The van der Waals surface area contributed by atoms with Gasteiger partial charge in [-0.15, -0.1) is 11.8 Å². The molecular formula is C18H22N4S. The van der Waals surface area contributed by atoms with E-state index in [-0.39, 0.29) is 6.17 Å². The summed E-state index contributed by atoms with van der Waals surface area (Å²) in [5.41, 5.74) is 5.54. The molecule has 23 heavy (non-hydrogen) atoms. The van der Waals surface area contributed by atoms with Crippen LogP contribution in [0.2, 0.25) is 0 Å². The average Bonchev–Trinajstić information content (AvgIpc) is 3.02. The van der Waals surface area contributed by atoms with Gasteiger partial charge in [0, 0.05) is 21.8 Å². The van der Waals surface area contributed by atoms with Crippen molar-refractivity contribution in [1.82, 2.24) is 19.6 Å². The Kier molecular flexibility index (Phi) is 4.31. The molecule has 3 aromatic rings. The van der Waals surface area contributed by atoms with Crippen LogP contribution >= 0.6 is 11.8 Å². The van der Waals surface area contributed by atoms with Gasteiger partial charge in [0.25, 0.3) is 0 Å². The third-order valence-corrected chi connectivity index (χ3v) is 4.78. The highest BCUT2D eigenvalue weighted by Crippen LogP contribution is 2.31. The fourth-order valence-corrected chi connectivity index (χ4v) is 3.66. The van der Waals surface area contributed by atoms with Gasteiger partial charge in [-0.2, -0.15) is 10.2 Å². The molecule has 0 saturated carbocycles. The lowest BCUT2D eigenvalue weighted by molar-refractivity contribution is 0.396. The Morgan fingerprint density at radius 1 is 0.870 bits per heavy atom. The normalized spacial score (nSPS) is 11.4. The first-order chi connectivity index (χ1) is 11.0. The second-order valence-electron chi connectivity index (χ2n) is 5.86. The molecule has 0 spiro atoms. The van der Waals surface area contributed by atoms with Crippen LogP contribution in [0.25, 0.3) is 0 Å². The molecule has 1 aromatic carbocycles. The number of benzene rings is 1. The Morgan fingerprint density at radius 2 is 1.39 bits per heavy atom. The van der Waals surface area contributed by atoms with E-state index in [1.807, 2.05) is 13.8 Å². The monoisotopic (exact) mass is 326 g/mol. The minimum absolute atomic E-state index is 0.0685. The minimum atomic E-state index is -0.0685. The van der Waals surface area contributed by atoms with Crippen LogP contribution in [0.15, 0.2) is 41.3 Å². The van der Waals surface area contributed by atoms with Crippen LogP contribution in [-0.2, 0) is 0 Å². The zero-order valence-electron chi connectivity index (χ0n) is 14.2. The first-order valence-corrected chi connectivity index (χ1v) is 8.92. The Balaban J connectivity index is 2.26. The van der Waals surface area contributed by atoms with Gasteiger partial charge in [-0.25, -0.2) is 9.36 Å². The highest BCUT2D eigenvalue weighted by atomic mass is 32.2. The molecule has 0 aliphatic heterocycles. The number of rotatable bonds is 4. The molecule has 2 heterocycles. The van der Waals surface area contributed by atoms with E-state index in [2.05, 4.69) is 65.9 Å². The molecule has 5 heteroatoms. The third-order valence-electron chi connectivity index (χ3n) is 3.97. The van der Waals surface area contributed by atoms with Gasteiger partial charge in [-0.05, 0) is 52.1 Å². The molecule has 0 amide bonds. The van der Waals surface area contributed by atoms with Crippen molar-refractivity contribution in [3.63, 3.8) is 0 Å². The van der Waals surface area contributed by atoms with Crippen molar-refractivity contribution in [2.75, 3.05) is 6.26 Å². The summed E-state index contributed by atoms with van der Waals surface area (Å²) in [7, 11) is 0. The fraction of sp³-hybridized carbons (Fsp3) is 0.333. The van der Waals surface area contributed by atoms with E-state index in [9.17, 15) is 0 Å². The van der Waals surface area contributed by atoms with Gasteiger partial charge in [-0.1, -0.05) is 18.2 Å². The summed E-state index contributed by atoms with van der Waals surface area (Å²) in [4.78, 5) is 1.25. The molecule has 2 aromatic heterocycles. The van der Waals surface area contributed by atoms with Crippen LogP contribution in [-0.4, -0.2) is 25.8 Å². The number of hydrogen-bond acceptors (Lipinski definition) is 3. The van der Waals surface area contributed by atoms with Crippen molar-refractivity contribution in [3.05, 3.63) is 64.7 Å². The van der Waals surface area contributed by atoms with E-state index in [0.29, 0.717) is 0 Å². The largest absolute Gasteiger partial charge is 0.240 e. The van der Waals surface area contributed by atoms with Gasteiger partial charge < -0.3 is 0 Å². The van der Waals surface area contributed by atoms with Crippen molar-refractivity contribution in [3.8, 4) is 0 Å². The van der Waals surface area contributed by atoms with Crippen molar-refractivity contribution >= 4 is 11.8 Å². The number of aromatic nitrogens is 4. The van der Waals surface area contributed by atoms with Gasteiger partial charge >= 0.3 is 0 Å². The molecule has 0 aliphatic rings. The van der Waals surface area contributed by atoms with E-state index >= 15 is 0 Å². The van der Waals surface area contributed by atoms with Gasteiger partial charge in [0.05, 0.1) is 11.4 Å². The molecule has 4 nitrogen and oxygen atoms in total. The smallest absolute Gasteiger partial charge is 0.170 e. The second kappa shape index (κ2) is 6.24. The predicted molar refractivity (Wildman–Crippen MR) is 95.2 cm³/mol. The van der Waals surface area contributed by atoms with Crippen LogP contribution in [0.3, 0.4) is 0 Å². The van der Waals surface area contributed by atoms with Gasteiger partial charge in [0.15, 0.2) is 6.17 Å². The lowest BCUT2D eigenvalue weighted by Gasteiger charge is -2.23. The maximum Gasteiger partial charge on any atom is 0.170 e. The molecule has 0 bridgehead atoms. The summed E-state index contributed by atoms with van der Waals surface area (Å²) < 4.78 is 4.15. The molecule has 0 atom stereocenters. The van der Waals surface area contributed by atoms with Gasteiger partial charge in [-0.3, -0.25) is 0 Å². The van der Waals surface area contributed by atoms with Gasteiger partial charge in [0.1, 0.15) is 0 Å². The lowest BCUT2D eigenvalue weighted by atomic mass is 10.1. The molecule has 0 N–H and O–H groups in total. The SMILES string of the molecule is CSc1ccccc1C(n1nc(C)cc1C)n1nc(C)cc1C. The predicted octanol–water partition coefficient (Wildman–Crippen LogP) is 4.13.